The van der Waals surface area contributed by atoms with Crippen LogP contribution < -0.4 is 0 Å². The smallest absolute Gasteiger partial charge is 0.384 e. The molecule has 0 saturated heterocycles. The van der Waals surface area contributed by atoms with Gasteiger partial charge in [-0.15, -0.1) is 11.3 Å². The van der Waals surface area contributed by atoms with Crippen molar-refractivity contribution < 1.29 is 23.0 Å². The Morgan fingerprint density at radius 2 is 2.12 bits per heavy atom. The molecule has 0 aliphatic carbocycles. The van der Waals surface area contributed by atoms with E-state index in [9.17, 15) is 18.3 Å². The van der Waals surface area contributed by atoms with E-state index in [1.54, 1.807) is 13.8 Å². The Bertz CT molecular complexity index is 374. The van der Waals surface area contributed by atoms with Crippen molar-refractivity contribution in [1.82, 2.24) is 4.98 Å². The summed E-state index contributed by atoms with van der Waals surface area (Å²) in [5.74, 6) is 0. The first-order valence-corrected chi connectivity index (χ1v) is 5.82. The van der Waals surface area contributed by atoms with Crippen LogP contribution in [0, 0.1) is 0 Å². The van der Waals surface area contributed by atoms with E-state index in [0.717, 1.165) is 6.20 Å². The van der Waals surface area contributed by atoms with Crippen LogP contribution in [0.25, 0.3) is 0 Å². The summed E-state index contributed by atoms with van der Waals surface area (Å²) in [5, 5.41) is 9.04. The van der Waals surface area contributed by atoms with Gasteiger partial charge in [0.05, 0.1) is 10.5 Å². The summed E-state index contributed by atoms with van der Waals surface area (Å²) in [5.41, 5.74) is -0.907. The highest BCUT2D eigenvalue weighted by Crippen LogP contribution is 2.38. The maximum Gasteiger partial charge on any atom is 0.443 e. The first-order chi connectivity index (χ1) is 7.74. The second kappa shape index (κ2) is 4.91. The second-order valence-electron chi connectivity index (χ2n) is 3.84. The number of hydrogen-bond donors (Lipinski definition) is 1. The van der Waals surface area contributed by atoms with Crippen LogP contribution in [0.5, 0.6) is 0 Å². The molecular formula is C10H14F3NO2S. The van der Waals surface area contributed by atoms with Gasteiger partial charge < -0.3 is 9.84 Å². The number of halogens is 3. The molecule has 0 aliphatic rings. The molecule has 0 amide bonds. The summed E-state index contributed by atoms with van der Waals surface area (Å²) in [6.45, 7) is 3.43. The third kappa shape index (κ3) is 2.97. The van der Waals surface area contributed by atoms with Crippen molar-refractivity contribution in [3.8, 4) is 0 Å². The molecule has 0 saturated carbocycles. The lowest BCUT2D eigenvalue weighted by Crippen LogP contribution is -2.33. The molecule has 0 aliphatic heterocycles. The fraction of sp³-hybridized carbons (Fsp3) is 0.700. The molecule has 1 heterocycles. The van der Waals surface area contributed by atoms with Crippen molar-refractivity contribution in [3.63, 3.8) is 0 Å². The third-order valence-corrected chi connectivity index (χ3v) is 3.88. The van der Waals surface area contributed by atoms with Crippen molar-refractivity contribution in [2.45, 2.75) is 38.1 Å². The lowest BCUT2D eigenvalue weighted by Gasteiger charge is -2.31. The number of hydrogen-bond acceptors (Lipinski definition) is 4. The van der Waals surface area contributed by atoms with Crippen molar-refractivity contribution in [1.29, 1.82) is 0 Å². The molecule has 2 atom stereocenters. The van der Waals surface area contributed by atoms with Crippen LogP contribution in [-0.4, -0.2) is 22.8 Å². The lowest BCUT2D eigenvalue weighted by atomic mass is 9.95. The van der Waals surface area contributed by atoms with E-state index < -0.39 is 22.9 Å². The molecule has 0 spiro atoms. The zero-order valence-electron chi connectivity index (χ0n) is 9.71. The Morgan fingerprint density at radius 3 is 2.47 bits per heavy atom. The number of nitrogens with zero attached hydrogens (tertiary/aromatic N) is 1. The van der Waals surface area contributed by atoms with E-state index in [1.807, 2.05) is 0 Å². The van der Waals surface area contributed by atoms with E-state index in [0.29, 0.717) is 17.8 Å². The summed E-state index contributed by atoms with van der Waals surface area (Å²) in [6, 6.07) is 0. The first-order valence-electron chi connectivity index (χ1n) is 5.00. The molecule has 1 aromatic rings. The number of alkyl halides is 3. The third-order valence-electron chi connectivity index (χ3n) is 2.78. The molecule has 0 radical (unpaired) electrons. The van der Waals surface area contributed by atoms with Gasteiger partial charge in [0.2, 0.25) is 0 Å². The van der Waals surface area contributed by atoms with Crippen molar-refractivity contribution in [2.24, 2.45) is 0 Å². The number of aliphatic hydroxyl groups is 1. The normalized spacial score (nSPS) is 17.8. The minimum atomic E-state index is -4.47. The molecular weight excluding hydrogens is 255 g/mol. The number of aromatic nitrogens is 1. The average molecular weight is 269 g/mol. The monoisotopic (exact) mass is 269 g/mol. The molecule has 7 heteroatoms. The Kier molecular flexibility index (Phi) is 4.16. The fourth-order valence-corrected chi connectivity index (χ4v) is 2.21. The topological polar surface area (TPSA) is 42.4 Å². The summed E-state index contributed by atoms with van der Waals surface area (Å²) < 4.78 is 42.2. The molecule has 1 N–H and O–H groups in total. The highest BCUT2D eigenvalue weighted by Gasteiger charge is 2.38. The standard InChI is InChI=1S/C10H14F3NO2S/c1-4-9(2,16-3)7(15)6-5-14-8(17-6)10(11,12)13/h5,7,15H,4H2,1-3H3. The lowest BCUT2D eigenvalue weighted by molar-refractivity contribution is -0.137. The average Bonchev–Trinajstić information content (AvgIpc) is 2.75. The van der Waals surface area contributed by atoms with E-state index in [4.69, 9.17) is 4.74 Å². The van der Waals surface area contributed by atoms with Crippen molar-refractivity contribution >= 4 is 11.3 Å². The van der Waals surface area contributed by atoms with Crippen LogP contribution in [0.2, 0.25) is 0 Å². The quantitative estimate of drug-likeness (QED) is 0.913. The van der Waals surface area contributed by atoms with Crippen LogP contribution in [0.1, 0.15) is 36.3 Å². The molecule has 1 rings (SSSR count). The number of ether oxygens (including phenoxy) is 1. The summed E-state index contributed by atoms with van der Waals surface area (Å²) in [6.07, 6.45) is -4.07. The van der Waals surface area contributed by atoms with Gasteiger partial charge >= 0.3 is 6.18 Å². The van der Waals surface area contributed by atoms with Crippen LogP contribution in [0.4, 0.5) is 13.2 Å². The highest BCUT2D eigenvalue weighted by atomic mass is 32.1. The first kappa shape index (κ1) is 14.4. The van der Waals surface area contributed by atoms with Crippen LogP contribution >= 0.6 is 11.3 Å². The SMILES string of the molecule is CCC(C)(OC)C(O)c1cnc(C(F)(F)F)s1. The zero-order valence-corrected chi connectivity index (χ0v) is 10.5. The molecule has 2 unspecified atom stereocenters. The number of thiazole rings is 1. The Balaban J connectivity index is 2.98. The van der Waals surface area contributed by atoms with Gasteiger partial charge in [-0.3, -0.25) is 0 Å². The molecule has 0 aromatic carbocycles. The van der Waals surface area contributed by atoms with Crippen LogP contribution in [0.15, 0.2) is 6.20 Å². The predicted octanol–water partition coefficient (Wildman–Crippen LogP) is 3.01. The van der Waals surface area contributed by atoms with Crippen molar-refractivity contribution in [3.05, 3.63) is 16.1 Å². The summed E-state index contributed by atoms with van der Waals surface area (Å²) in [7, 11) is 1.42. The minimum Gasteiger partial charge on any atom is -0.384 e. The second-order valence-corrected chi connectivity index (χ2v) is 4.90. The largest absolute Gasteiger partial charge is 0.443 e. The zero-order chi connectivity index (χ0) is 13.3. The van der Waals surface area contributed by atoms with Gasteiger partial charge in [-0.1, -0.05) is 6.92 Å². The van der Waals surface area contributed by atoms with Crippen LogP contribution in [-0.2, 0) is 10.9 Å². The molecule has 98 valence electrons. The van der Waals surface area contributed by atoms with Gasteiger partial charge in [0.25, 0.3) is 0 Å². The van der Waals surface area contributed by atoms with E-state index >= 15 is 0 Å². The summed E-state index contributed by atoms with van der Waals surface area (Å²) in [4.78, 5) is 3.42. The number of aliphatic hydroxyl groups excluding tert-OH is 1. The molecule has 17 heavy (non-hydrogen) atoms. The highest BCUT2D eigenvalue weighted by molar-refractivity contribution is 7.11. The van der Waals surface area contributed by atoms with E-state index in [2.05, 4.69) is 4.98 Å². The molecule has 0 fully saturated rings. The molecule has 3 nitrogen and oxygen atoms in total. The summed E-state index contributed by atoms with van der Waals surface area (Å²) >= 11 is 0.439. The van der Waals surface area contributed by atoms with Gasteiger partial charge in [0.15, 0.2) is 5.01 Å². The fourth-order valence-electron chi connectivity index (χ4n) is 1.29. The number of rotatable bonds is 4. The van der Waals surface area contributed by atoms with E-state index in [1.165, 1.54) is 7.11 Å². The maximum absolute atomic E-state index is 12.4. The van der Waals surface area contributed by atoms with Gasteiger partial charge in [-0.2, -0.15) is 13.2 Å². The Hall–Kier alpha value is -0.660. The predicted molar refractivity (Wildman–Crippen MR) is 57.8 cm³/mol. The van der Waals surface area contributed by atoms with Gasteiger partial charge in [-0.05, 0) is 13.3 Å². The van der Waals surface area contributed by atoms with Gasteiger partial charge in [-0.25, -0.2) is 4.98 Å². The Labute approximate surface area is 101 Å². The number of methoxy groups -OCH3 is 1. The molecule has 1 aromatic heterocycles. The van der Waals surface area contributed by atoms with Gasteiger partial charge in [0, 0.05) is 13.3 Å². The van der Waals surface area contributed by atoms with Crippen molar-refractivity contribution in [2.75, 3.05) is 7.11 Å². The van der Waals surface area contributed by atoms with E-state index in [-0.39, 0.29) is 4.88 Å². The Morgan fingerprint density at radius 1 is 1.53 bits per heavy atom. The molecule has 0 bridgehead atoms. The van der Waals surface area contributed by atoms with Gasteiger partial charge in [0.1, 0.15) is 6.10 Å². The maximum atomic E-state index is 12.4. The minimum absolute atomic E-state index is 0.156. The van der Waals surface area contributed by atoms with Crippen LogP contribution in [0.3, 0.4) is 0 Å².